The normalized spacial score (nSPS) is 17.2. The first-order valence-electron chi connectivity index (χ1n) is 3.49. The van der Waals surface area contributed by atoms with Crippen molar-refractivity contribution in [1.82, 2.24) is 10.3 Å². The van der Waals surface area contributed by atoms with Crippen LogP contribution in [0, 0.1) is 6.92 Å². The maximum Gasteiger partial charge on any atom is 0.0984 e. The predicted octanol–water partition coefficient (Wildman–Crippen LogP) is 1.56. The Hall–Kier alpha value is -0.120. The van der Waals surface area contributed by atoms with E-state index in [4.69, 9.17) is 0 Å². The molecule has 0 spiro atoms. The van der Waals surface area contributed by atoms with Crippen molar-refractivity contribution in [2.24, 2.45) is 0 Å². The Balaban J connectivity index is 0.000000605. The maximum atomic E-state index is 4.41. The van der Waals surface area contributed by atoms with Crippen LogP contribution in [0.2, 0.25) is 0 Å². The van der Waals surface area contributed by atoms with Crippen molar-refractivity contribution in [2.45, 2.75) is 12.8 Å². The highest BCUT2D eigenvalue weighted by molar-refractivity contribution is 7.09. The molecule has 0 aromatic carbocycles. The van der Waals surface area contributed by atoms with Gasteiger partial charge in [0.05, 0.1) is 5.01 Å². The minimum absolute atomic E-state index is 0. The van der Waals surface area contributed by atoms with Gasteiger partial charge in [0.15, 0.2) is 0 Å². The highest BCUT2D eigenvalue weighted by Crippen LogP contribution is 2.22. The third-order valence-electron chi connectivity index (χ3n) is 1.77. The smallest absolute Gasteiger partial charge is 0.0984 e. The molecule has 0 unspecified atom stereocenters. The van der Waals surface area contributed by atoms with Crippen molar-refractivity contribution in [3.8, 4) is 0 Å². The maximum absolute atomic E-state index is 4.41. The first-order valence-corrected chi connectivity index (χ1v) is 4.37. The Morgan fingerprint density at radius 3 is 2.73 bits per heavy atom. The van der Waals surface area contributed by atoms with E-state index in [1.807, 2.05) is 6.92 Å². The molecule has 1 aromatic heterocycles. The van der Waals surface area contributed by atoms with Crippen LogP contribution in [0.4, 0.5) is 0 Å². The summed E-state index contributed by atoms with van der Waals surface area (Å²) in [5.41, 5.74) is 1.16. The van der Waals surface area contributed by atoms with E-state index >= 15 is 0 Å². The number of aryl methyl sites for hydroxylation is 1. The molecule has 1 saturated heterocycles. The minimum atomic E-state index is 0. The lowest BCUT2D eigenvalue weighted by molar-refractivity contribution is 0.446. The second kappa shape index (κ2) is 3.52. The van der Waals surface area contributed by atoms with E-state index in [2.05, 4.69) is 15.7 Å². The summed E-state index contributed by atoms with van der Waals surface area (Å²) in [4.78, 5) is 4.41. The molecule has 62 valence electrons. The first kappa shape index (κ1) is 8.97. The summed E-state index contributed by atoms with van der Waals surface area (Å²) in [6.45, 7) is 4.28. The molecule has 0 atom stereocenters. The molecule has 0 radical (unpaired) electrons. The second-order valence-electron chi connectivity index (χ2n) is 2.68. The van der Waals surface area contributed by atoms with Crippen LogP contribution in [-0.4, -0.2) is 18.1 Å². The number of hydrogen-bond acceptors (Lipinski definition) is 3. The van der Waals surface area contributed by atoms with E-state index < -0.39 is 0 Å². The summed E-state index contributed by atoms with van der Waals surface area (Å²) in [7, 11) is 0. The highest BCUT2D eigenvalue weighted by Gasteiger charge is 2.21. The SMILES string of the molecule is Cc1csc(C2CNC2)n1.Cl. The van der Waals surface area contributed by atoms with E-state index in [1.54, 1.807) is 11.3 Å². The summed E-state index contributed by atoms with van der Waals surface area (Å²) in [6, 6.07) is 0. The van der Waals surface area contributed by atoms with Crippen LogP contribution >= 0.6 is 23.7 Å². The minimum Gasteiger partial charge on any atom is -0.315 e. The average molecular weight is 191 g/mol. The Bertz CT molecular complexity index is 232. The zero-order valence-electron chi connectivity index (χ0n) is 6.33. The molecule has 0 amide bonds. The fraction of sp³-hybridized carbons (Fsp3) is 0.571. The summed E-state index contributed by atoms with van der Waals surface area (Å²) in [5, 5.41) is 6.66. The number of hydrogen-bond donors (Lipinski definition) is 1. The lowest BCUT2D eigenvalue weighted by Gasteiger charge is -2.24. The Morgan fingerprint density at radius 2 is 2.36 bits per heavy atom. The molecule has 2 rings (SSSR count). The van der Waals surface area contributed by atoms with Crippen LogP contribution in [0.5, 0.6) is 0 Å². The standard InChI is InChI=1S/C7H10N2S.ClH/c1-5-4-10-7(9-5)6-2-8-3-6;/h4,6,8H,2-3H2,1H3;1H. The van der Waals surface area contributed by atoms with Crippen molar-refractivity contribution in [3.63, 3.8) is 0 Å². The summed E-state index contributed by atoms with van der Waals surface area (Å²) in [5.74, 6) is 0.707. The van der Waals surface area contributed by atoms with E-state index in [0.29, 0.717) is 5.92 Å². The predicted molar refractivity (Wildman–Crippen MR) is 49.7 cm³/mol. The van der Waals surface area contributed by atoms with Gasteiger partial charge in [0.1, 0.15) is 0 Å². The molecule has 11 heavy (non-hydrogen) atoms. The first-order chi connectivity index (χ1) is 4.86. The van der Waals surface area contributed by atoms with Crippen LogP contribution < -0.4 is 5.32 Å². The average Bonchev–Trinajstić information content (AvgIpc) is 2.10. The zero-order chi connectivity index (χ0) is 6.97. The number of aromatic nitrogens is 1. The molecule has 0 bridgehead atoms. The molecule has 1 N–H and O–H groups in total. The van der Waals surface area contributed by atoms with Gasteiger partial charge in [0.2, 0.25) is 0 Å². The Kier molecular flexibility index (Phi) is 2.87. The van der Waals surface area contributed by atoms with E-state index in [0.717, 1.165) is 18.8 Å². The quantitative estimate of drug-likeness (QED) is 0.727. The lowest BCUT2D eigenvalue weighted by Crippen LogP contribution is -2.39. The van der Waals surface area contributed by atoms with Crippen molar-refractivity contribution in [3.05, 3.63) is 16.1 Å². The van der Waals surface area contributed by atoms with Gasteiger partial charge in [-0.3, -0.25) is 0 Å². The lowest BCUT2D eigenvalue weighted by atomic mass is 10.1. The zero-order valence-corrected chi connectivity index (χ0v) is 7.97. The molecule has 2 heterocycles. The van der Waals surface area contributed by atoms with Crippen LogP contribution in [-0.2, 0) is 0 Å². The van der Waals surface area contributed by atoms with Gasteiger partial charge in [-0.2, -0.15) is 0 Å². The third kappa shape index (κ3) is 1.72. The number of nitrogens with one attached hydrogen (secondary N) is 1. The number of nitrogens with zero attached hydrogens (tertiary/aromatic N) is 1. The fourth-order valence-electron chi connectivity index (χ4n) is 1.02. The van der Waals surface area contributed by atoms with Gasteiger partial charge in [-0.05, 0) is 6.92 Å². The van der Waals surface area contributed by atoms with Crippen LogP contribution in [0.15, 0.2) is 5.38 Å². The van der Waals surface area contributed by atoms with Crippen molar-refractivity contribution in [2.75, 3.05) is 13.1 Å². The number of rotatable bonds is 1. The van der Waals surface area contributed by atoms with Gasteiger partial charge in [-0.25, -0.2) is 4.98 Å². The molecular weight excluding hydrogens is 180 g/mol. The van der Waals surface area contributed by atoms with E-state index in [1.165, 1.54) is 5.01 Å². The van der Waals surface area contributed by atoms with Gasteiger partial charge in [0, 0.05) is 30.1 Å². The molecule has 0 saturated carbocycles. The number of thiazole rings is 1. The molecule has 1 aliphatic rings. The molecular formula is C7H11ClN2S. The molecule has 4 heteroatoms. The topological polar surface area (TPSA) is 24.9 Å². The van der Waals surface area contributed by atoms with Crippen molar-refractivity contribution >= 4 is 23.7 Å². The van der Waals surface area contributed by atoms with Crippen LogP contribution in [0.3, 0.4) is 0 Å². The third-order valence-corrected chi connectivity index (χ3v) is 2.89. The molecule has 2 nitrogen and oxygen atoms in total. The summed E-state index contributed by atoms with van der Waals surface area (Å²) >= 11 is 1.78. The fourth-order valence-corrected chi connectivity index (χ4v) is 1.92. The summed E-state index contributed by atoms with van der Waals surface area (Å²) in [6.07, 6.45) is 0. The van der Waals surface area contributed by atoms with E-state index in [-0.39, 0.29) is 12.4 Å². The van der Waals surface area contributed by atoms with Crippen LogP contribution in [0.1, 0.15) is 16.6 Å². The van der Waals surface area contributed by atoms with Crippen molar-refractivity contribution in [1.29, 1.82) is 0 Å². The van der Waals surface area contributed by atoms with Gasteiger partial charge in [0.25, 0.3) is 0 Å². The van der Waals surface area contributed by atoms with Crippen LogP contribution in [0.25, 0.3) is 0 Å². The highest BCUT2D eigenvalue weighted by atomic mass is 35.5. The molecule has 1 aromatic rings. The Labute approximate surface area is 76.4 Å². The van der Waals surface area contributed by atoms with E-state index in [9.17, 15) is 0 Å². The summed E-state index contributed by atoms with van der Waals surface area (Å²) < 4.78 is 0. The monoisotopic (exact) mass is 190 g/mol. The second-order valence-corrected chi connectivity index (χ2v) is 3.57. The largest absolute Gasteiger partial charge is 0.315 e. The van der Waals surface area contributed by atoms with Gasteiger partial charge < -0.3 is 5.32 Å². The molecule has 1 aliphatic heterocycles. The van der Waals surface area contributed by atoms with Crippen molar-refractivity contribution < 1.29 is 0 Å². The van der Waals surface area contributed by atoms with Gasteiger partial charge in [-0.1, -0.05) is 0 Å². The van der Waals surface area contributed by atoms with Gasteiger partial charge >= 0.3 is 0 Å². The number of halogens is 1. The Morgan fingerprint density at radius 1 is 1.64 bits per heavy atom. The molecule has 0 aliphatic carbocycles. The molecule has 1 fully saturated rings. The van der Waals surface area contributed by atoms with Gasteiger partial charge in [-0.15, -0.1) is 23.7 Å².